The molecule has 0 spiro atoms. The van der Waals surface area contributed by atoms with Gasteiger partial charge in [0.25, 0.3) is 0 Å². The van der Waals surface area contributed by atoms with Gasteiger partial charge in [0.15, 0.2) is 0 Å². The van der Waals surface area contributed by atoms with Crippen LogP contribution in [0.25, 0.3) is 0 Å². The van der Waals surface area contributed by atoms with Gasteiger partial charge in [-0.05, 0) is 18.8 Å². The Balaban J connectivity index is 2.59. The zero-order valence-corrected chi connectivity index (χ0v) is 9.66. The summed E-state index contributed by atoms with van der Waals surface area (Å²) in [6, 6.07) is 0. The zero-order chi connectivity index (χ0) is 14.1. The molecule has 0 aromatic carbocycles. The summed E-state index contributed by atoms with van der Waals surface area (Å²) in [5.74, 6) is -6.06. The molecule has 1 N–H and O–H groups in total. The summed E-state index contributed by atoms with van der Waals surface area (Å²) in [6.07, 6.45) is -9.79. The number of rotatable bonds is 4. The highest BCUT2D eigenvalue weighted by atomic mass is 35.5. The number of halogens is 7. The second-order valence-corrected chi connectivity index (χ2v) is 4.68. The number of carbonyl (C=O) groups excluding carboxylic acids is 1. The number of amides is 1. The molecule has 0 bridgehead atoms. The normalized spacial score (nSPS) is 18.9. The van der Waals surface area contributed by atoms with Crippen molar-refractivity contribution in [3.63, 3.8) is 0 Å². The fourth-order valence-electron chi connectivity index (χ4n) is 1.41. The van der Waals surface area contributed by atoms with Crippen molar-refractivity contribution in [1.82, 2.24) is 5.32 Å². The van der Waals surface area contributed by atoms with E-state index < -0.39 is 36.1 Å². The van der Waals surface area contributed by atoms with E-state index >= 15 is 0 Å². The van der Waals surface area contributed by atoms with Gasteiger partial charge in [-0.25, -0.2) is 0 Å². The zero-order valence-electron chi connectivity index (χ0n) is 8.91. The molecule has 1 saturated carbocycles. The van der Waals surface area contributed by atoms with Crippen LogP contribution in [0, 0.1) is 11.8 Å². The Morgan fingerprint density at radius 3 is 1.94 bits per heavy atom. The number of hydrogen-bond donors (Lipinski definition) is 1. The van der Waals surface area contributed by atoms with Crippen LogP contribution < -0.4 is 5.32 Å². The summed E-state index contributed by atoms with van der Waals surface area (Å²) in [7, 11) is 0. The highest BCUT2D eigenvalue weighted by Crippen LogP contribution is 2.39. The SMILES string of the molecule is O=C(NCC(Cl)C1CC1)C(C(F)(F)F)C(F)(F)F. The van der Waals surface area contributed by atoms with Crippen LogP contribution in [-0.2, 0) is 4.79 Å². The lowest BCUT2D eigenvalue weighted by molar-refractivity contribution is -0.274. The molecule has 106 valence electrons. The van der Waals surface area contributed by atoms with Crippen molar-refractivity contribution in [2.45, 2.75) is 30.6 Å². The smallest absolute Gasteiger partial charge is 0.354 e. The fourth-order valence-corrected chi connectivity index (χ4v) is 1.74. The van der Waals surface area contributed by atoms with E-state index in [1.54, 1.807) is 5.32 Å². The predicted molar refractivity (Wildman–Crippen MR) is 51.0 cm³/mol. The highest BCUT2D eigenvalue weighted by molar-refractivity contribution is 6.21. The average molecular weight is 298 g/mol. The Morgan fingerprint density at radius 2 is 1.61 bits per heavy atom. The van der Waals surface area contributed by atoms with E-state index in [-0.39, 0.29) is 5.92 Å². The third kappa shape index (κ3) is 4.22. The molecule has 1 rings (SSSR count). The van der Waals surface area contributed by atoms with Gasteiger partial charge in [-0.1, -0.05) is 0 Å². The van der Waals surface area contributed by atoms with Gasteiger partial charge in [-0.3, -0.25) is 4.79 Å². The van der Waals surface area contributed by atoms with Gasteiger partial charge in [-0.15, -0.1) is 11.6 Å². The van der Waals surface area contributed by atoms with Crippen molar-refractivity contribution in [2.75, 3.05) is 6.54 Å². The topological polar surface area (TPSA) is 29.1 Å². The molecule has 9 heteroatoms. The Kier molecular flexibility index (Phi) is 4.40. The molecule has 18 heavy (non-hydrogen) atoms. The van der Waals surface area contributed by atoms with E-state index in [0.29, 0.717) is 0 Å². The number of hydrogen-bond acceptors (Lipinski definition) is 1. The standard InChI is InChI=1S/C9H10ClF6NO/c10-5(4-1-2-4)3-17-7(18)6(8(11,12)13)9(14,15)16/h4-6H,1-3H2,(H,17,18). The molecule has 0 aromatic rings. The second-order valence-electron chi connectivity index (χ2n) is 4.11. The Morgan fingerprint density at radius 1 is 1.17 bits per heavy atom. The lowest BCUT2D eigenvalue weighted by atomic mass is 10.1. The Labute approximate surface area is 104 Å². The van der Waals surface area contributed by atoms with Crippen LogP contribution >= 0.6 is 11.6 Å². The van der Waals surface area contributed by atoms with Gasteiger partial charge < -0.3 is 5.32 Å². The Hall–Kier alpha value is -0.660. The third-order valence-corrected chi connectivity index (χ3v) is 3.03. The quantitative estimate of drug-likeness (QED) is 0.627. The molecule has 1 atom stereocenters. The van der Waals surface area contributed by atoms with Crippen molar-refractivity contribution in [2.24, 2.45) is 11.8 Å². The average Bonchev–Trinajstić information content (AvgIpc) is 2.91. The van der Waals surface area contributed by atoms with Gasteiger partial charge in [0.05, 0.1) is 5.38 Å². The molecule has 0 heterocycles. The molecule has 1 amide bonds. The van der Waals surface area contributed by atoms with Crippen LogP contribution in [-0.4, -0.2) is 30.2 Å². The molecule has 0 radical (unpaired) electrons. The first-order chi connectivity index (χ1) is 8.03. The summed E-state index contributed by atoms with van der Waals surface area (Å²) in [5.41, 5.74) is 0. The molecule has 1 aliphatic rings. The van der Waals surface area contributed by atoms with Gasteiger partial charge >= 0.3 is 12.4 Å². The van der Waals surface area contributed by atoms with E-state index in [2.05, 4.69) is 0 Å². The molecule has 2 nitrogen and oxygen atoms in total. The fraction of sp³-hybridized carbons (Fsp3) is 0.889. The molecule has 1 fully saturated rings. The first kappa shape index (κ1) is 15.4. The summed E-state index contributed by atoms with van der Waals surface area (Å²) in [4.78, 5) is 11.0. The minimum atomic E-state index is -5.66. The summed E-state index contributed by atoms with van der Waals surface area (Å²) in [5, 5.41) is 0.977. The van der Waals surface area contributed by atoms with Gasteiger partial charge in [0.2, 0.25) is 11.8 Å². The monoisotopic (exact) mass is 297 g/mol. The molecule has 1 aliphatic carbocycles. The minimum absolute atomic E-state index is 0.0576. The van der Waals surface area contributed by atoms with Gasteiger partial charge in [-0.2, -0.15) is 26.3 Å². The largest absolute Gasteiger partial charge is 0.409 e. The van der Waals surface area contributed by atoms with Crippen molar-refractivity contribution < 1.29 is 31.1 Å². The first-order valence-corrected chi connectivity index (χ1v) is 5.52. The maximum atomic E-state index is 12.1. The molecule has 0 aliphatic heterocycles. The van der Waals surface area contributed by atoms with E-state index in [4.69, 9.17) is 11.6 Å². The number of alkyl halides is 7. The maximum Gasteiger partial charge on any atom is 0.409 e. The van der Waals surface area contributed by atoms with Gasteiger partial charge in [0.1, 0.15) is 0 Å². The lowest BCUT2D eigenvalue weighted by Gasteiger charge is -2.22. The third-order valence-electron chi connectivity index (χ3n) is 2.52. The lowest BCUT2D eigenvalue weighted by Crippen LogP contribution is -2.49. The number of carbonyl (C=O) groups is 1. The Bertz CT molecular complexity index is 297. The van der Waals surface area contributed by atoms with Crippen molar-refractivity contribution >= 4 is 17.5 Å². The predicted octanol–water partition coefficient (Wildman–Crippen LogP) is 2.86. The maximum absolute atomic E-state index is 12.1. The molecule has 0 aromatic heterocycles. The van der Waals surface area contributed by atoms with Crippen LogP contribution in [0.4, 0.5) is 26.3 Å². The van der Waals surface area contributed by atoms with E-state index in [0.717, 1.165) is 12.8 Å². The second kappa shape index (κ2) is 5.14. The van der Waals surface area contributed by atoms with Crippen LogP contribution in [0.5, 0.6) is 0 Å². The number of nitrogens with one attached hydrogen (secondary N) is 1. The summed E-state index contributed by atoms with van der Waals surface area (Å²) in [6.45, 7) is -0.395. The van der Waals surface area contributed by atoms with Crippen LogP contribution in [0.1, 0.15) is 12.8 Å². The van der Waals surface area contributed by atoms with Crippen LogP contribution in [0.15, 0.2) is 0 Å². The van der Waals surface area contributed by atoms with Gasteiger partial charge in [0, 0.05) is 6.54 Å². The van der Waals surface area contributed by atoms with Crippen molar-refractivity contribution in [3.8, 4) is 0 Å². The van der Waals surface area contributed by atoms with Crippen LogP contribution in [0.2, 0.25) is 0 Å². The minimum Gasteiger partial charge on any atom is -0.354 e. The van der Waals surface area contributed by atoms with E-state index in [1.165, 1.54) is 0 Å². The molecular formula is C9H10ClF6NO. The van der Waals surface area contributed by atoms with Crippen molar-refractivity contribution in [1.29, 1.82) is 0 Å². The van der Waals surface area contributed by atoms with Crippen LogP contribution in [0.3, 0.4) is 0 Å². The van der Waals surface area contributed by atoms with Crippen molar-refractivity contribution in [3.05, 3.63) is 0 Å². The highest BCUT2D eigenvalue weighted by Gasteiger charge is 2.61. The molecule has 1 unspecified atom stereocenters. The van der Waals surface area contributed by atoms with E-state index in [9.17, 15) is 31.1 Å². The summed E-state index contributed by atoms with van der Waals surface area (Å²) < 4.78 is 72.9. The molecule has 0 saturated heterocycles. The molecular weight excluding hydrogens is 288 g/mol. The summed E-state index contributed by atoms with van der Waals surface area (Å²) >= 11 is 5.68. The van der Waals surface area contributed by atoms with E-state index in [1.807, 2.05) is 0 Å². The first-order valence-electron chi connectivity index (χ1n) is 5.08.